The van der Waals surface area contributed by atoms with Gasteiger partial charge in [-0.2, -0.15) is 0 Å². The van der Waals surface area contributed by atoms with E-state index in [-0.39, 0.29) is 18.6 Å². The molecule has 12 heteroatoms. The highest BCUT2D eigenvalue weighted by molar-refractivity contribution is 7.18. The average Bonchev–Trinajstić information content (AvgIpc) is 3.64. The van der Waals surface area contributed by atoms with Crippen molar-refractivity contribution in [3.8, 4) is 5.88 Å². The summed E-state index contributed by atoms with van der Waals surface area (Å²) in [6, 6.07) is 21.9. The lowest BCUT2D eigenvalue weighted by molar-refractivity contribution is -0.0592. The summed E-state index contributed by atoms with van der Waals surface area (Å²) in [6.45, 7) is 6.08. The van der Waals surface area contributed by atoms with Gasteiger partial charge in [0.2, 0.25) is 5.88 Å². The van der Waals surface area contributed by atoms with Gasteiger partial charge in [-0.25, -0.2) is 19.3 Å². The van der Waals surface area contributed by atoms with Gasteiger partial charge in [-0.15, -0.1) is 11.3 Å². The molecule has 50 heavy (non-hydrogen) atoms. The van der Waals surface area contributed by atoms with Crippen molar-refractivity contribution in [2.75, 3.05) is 25.0 Å². The van der Waals surface area contributed by atoms with Crippen molar-refractivity contribution in [1.82, 2.24) is 24.4 Å². The van der Waals surface area contributed by atoms with Crippen molar-refractivity contribution < 1.29 is 18.7 Å². The average molecular weight is 711 g/mol. The number of nitrogens with one attached hydrogen (secondary N) is 1. The third-order valence-electron chi connectivity index (χ3n) is 9.53. The van der Waals surface area contributed by atoms with Crippen LogP contribution in [0.4, 0.5) is 10.1 Å². The lowest BCUT2D eigenvalue weighted by atomic mass is 9.93. The zero-order chi connectivity index (χ0) is 34.2. The zero-order valence-corrected chi connectivity index (χ0v) is 29.1. The minimum absolute atomic E-state index is 0.0837. The molecule has 0 unspecified atom stereocenters. The SMILES string of the molecule is Cc1nc2ccc(NC(=O)c3ccc4c(c3)nc(CN3CCC(c5cccc(OCc6ccc(Cl)cc6F)n5)CC3)n4C[C@@H]3CCO3)cc2s1. The number of carbonyl (C=O) groups excluding carboxylic acids is 1. The van der Waals surface area contributed by atoms with E-state index in [1.807, 2.05) is 55.5 Å². The summed E-state index contributed by atoms with van der Waals surface area (Å²) in [5, 5.41) is 4.40. The first-order chi connectivity index (χ1) is 24.3. The van der Waals surface area contributed by atoms with E-state index in [9.17, 15) is 9.18 Å². The maximum atomic E-state index is 14.2. The number of benzene rings is 3. The van der Waals surface area contributed by atoms with Gasteiger partial charge in [0.1, 0.15) is 18.2 Å². The normalized spacial score (nSPS) is 16.9. The van der Waals surface area contributed by atoms with Gasteiger partial charge in [-0.05, 0) is 93.9 Å². The molecular formula is C38H36ClFN6O3S. The number of piperidine rings is 1. The van der Waals surface area contributed by atoms with E-state index in [4.69, 9.17) is 31.0 Å². The Balaban J connectivity index is 0.937. The van der Waals surface area contributed by atoms with E-state index in [0.717, 1.165) is 89.0 Å². The van der Waals surface area contributed by atoms with Gasteiger partial charge in [0.15, 0.2) is 0 Å². The summed E-state index contributed by atoms with van der Waals surface area (Å²) in [5.74, 6) is 1.19. The van der Waals surface area contributed by atoms with E-state index in [2.05, 4.69) is 19.8 Å². The second kappa shape index (κ2) is 14.1. The van der Waals surface area contributed by atoms with Gasteiger partial charge in [0.05, 0.1) is 45.5 Å². The number of ether oxygens (including phenoxy) is 2. The predicted molar refractivity (Wildman–Crippen MR) is 194 cm³/mol. The predicted octanol–water partition coefficient (Wildman–Crippen LogP) is 8.14. The first kappa shape index (κ1) is 32.8. The topological polar surface area (TPSA) is 94.4 Å². The minimum Gasteiger partial charge on any atom is -0.473 e. The van der Waals surface area contributed by atoms with Gasteiger partial charge in [0.25, 0.3) is 5.91 Å². The highest BCUT2D eigenvalue weighted by Gasteiger charge is 2.26. The largest absolute Gasteiger partial charge is 0.473 e. The van der Waals surface area contributed by atoms with E-state index in [1.54, 1.807) is 29.5 Å². The number of amides is 1. The maximum Gasteiger partial charge on any atom is 0.255 e. The highest BCUT2D eigenvalue weighted by atomic mass is 35.5. The van der Waals surface area contributed by atoms with Crippen molar-refractivity contribution in [3.63, 3.8) is 0 Å². The van der Waals surface area contributed by atoms with Gasteiger partial charge in [-0.3, -0.25) is 9.69 Å². The molecule has 3 aromatic heterocycles. The number of imidazole rings is 1. The lowest BCUT2D eigenvalue weighted by Crippen LogP contribution is -2.35. The molecule has 5 heterocycles. The molecule has 6 aromatic rings. The first-order valence-electron chi connectivity index (χ1n) is 16.9. The number of likely N-dealkylation sites (tertiary alicyclic amines) is 1. The van der Waals surface area contributed by atoms with Gasteiger partial charge in [-0.1, -0.05) is 23.7 Å². The Morgan fingerprint density at radius 2 is 1.88 bits per heavy atom. The van der Waals surface area contributed by atoms with Crippen LogP contribution < -0.4 is 10.1 Å². The number of aryl methyl sites for hydroxylation is 1. The summed E-state index contributed by atoms with van der Waals surface area (Å²) in [4.78, 5) is 30.1. The van der Waals surface area contributed by atoms with Gasteiger partial charge >= 0.3 is 0 Å². The second-order valence-electron chi connectivity index (χ2n) is 13.0. The van der Waals surface area contributed by atoms with E-state index >= 15 is 0 Å². The number of hydrogen-bond acceptors (Lipinski definition) is 8. The number of nitrogens with zero attached hydrogens (tertiary/aromatic N) is 5. The number of thiazole rings is 1. The number of anilines is 1. The standard InChI is InChI=1S/C38H36ClFN6O3S/c1-23-41-32-9-8-28(19-35(32)50-23)42-38(47)25-6-10-34-33(17-25)43-36(46(34)20-29-13-16-48-29)21-45-14-11-24(12-15-45)31-3-2-4-37(44-31)49-22-26-5-7-27(39)18-30(26)40/h2-10,17-19,24,29H,11-16,20-22H2,1H3,(H,42,47)/t29-/m0/s1. The van der Waals surface area contributed by atoms with Crippen LogP contribution in [0.3, 0.4) is 0 Å². The molecule has 9 nitrogen and oxygen atoms in total. The maximum absolute atomic E-state index is 14.2. The summed E-state index contributed by atoms with van der Waals surface area (Å²) >= 11 is 7.49. The number of fused-ring (bicyclic) bond motifs is 2. The molecule has 0 spiro atoms. The minimum atomic E-state index is -0.392. The Kier molecular flexibility index (Phi) is 9.22. The number of halogens is 2. The van der Waals surface area contributed by atoms with Crippen LogP contribution >= 0.6 is 22.9 Å². The number of aromatic nitrogens is 4. The van der Waals surface area contributed by atoms with Gasteiger partial charge < -0.3 is 19.4 Å². The number of hydrogen-bond donors (Lipinski definition) is 1. The molecule has 0 radical (unpaired) electrons. The molecule has 256 valence electrons. The van der Waals surface area contributed by atoms with Crippen molar-refractivity contribution in [2.45, 2.75) is 57.9 Å². The van der Waals surface area contributed by atoms with Crippen LogP contribution in [0.1, 0.15) is 57.6 Å². The van der Waals surface area contributed by atoms with Crippen LogP contribution in [0.2, 0.25) is 5.02 Å². The summed E-state index contributed by atoms with van der Waals surface area (Å²) in [5.41, 5.74) is 5.46. The monoisotopic (exact) mass is 710 g/mol. The number of carbonyl (C=O) groups is 1. The van der Waals surface area contributed by atoms with Crippen LogP contribution in [-0.2, 0) is 24.4 Å². The molecule has 8 rings (SSSR count). The fraction of sp³-hybridized carbons (Fsp3) is 0.316. The van der Waals surface area contributed by atoms with Crippen molar-refractivity contribution in [3.05, 3.63) is 111 Å². The quantitative estimate of drug-likeness (QED) is 0.153. The Morgan fingerprint density at radius 1 is 1.02 bits per heavy atom. The molecule has 2 aliphatic heterocycles. The molecule has 0 aliphatic carbocycles. The third-order valence-corrected chi connectivity index (χ3v) is 10.7. The van der Waals surface area contributed by atoms with E-state index < -0.39 is 5.82 Å². The fourth-order valence-corrected chi connectivity index (χ4v) is 7.74. The summed E-state index contributed by atoms with van der Waals surface area (Å²) in [6.07, 6.45) is 3.09. The molecule has 2 fully saturated rings. The van der Waals surface area contributed by atoms with Crippen LogP contribution in [0.15, 0.2) is 72.8 Å². The fourth-order valence-electron chi connectivity index (χ4n) is 6.71. The summed E-state index contributed by atoms with van der Waals surface area (Å²) < 4.78 is 29.2. The molecule has 1 amide bonds. The summed E-state index contributed by atoms with van der Waals surface area (Å²) in [7, 11) is 0. The van der Waals surface area contributed by atoms with E-state index in [1.165, 1.54) is 6.07 Å². The van der Waals surface area contributed by atoms with Gasteiger partial charge in [0, 0.05) is 46.1 Å². The van der Waals surface area contributed by atoms with Crippen molar-refractivity contribution in [1.29, 1.82) is 0 Å². The smallest absolute Gasteiger partial charge is 0.255 e. The van der Waals surface area contributed by atoms with Crippen molar-refractivity contribution >= 4 is 55.8 Å². The van der Waals surface area contributed by atoms with Crippen LogP contribution in [-0.4, -0.2) is 56.1 Å². The Hall–Kier alpha value is -4.42. The van der Waals surface area contributed by atoms with E-state index in [0.29, 0.717) is 34.5 Å². The van der Waals surface area contributed by atoms with Crippen LogP contribution in [0.5, 0.6) is 5.88 Å². The second-order valence-corrected chi connectivity index (χ2v) is 14.6. The molecule has 2 saturated heterocycles. The van der Waals surface area contributed by atoms with Crippen LogP contribution in [0.25, 0.3) is 21.3 Å². The number of rotatable bonds is 10. The Morgan fingerprint density at radius 3 is 2.68 bits per heavy atom. The van der Waals surface area contributed by atoms with Crippen LogP contribution in [0, 0.1) is 12.7 Å². The molecule has 0 bridgehead atoms. The molecule has 3 aromatic carbocycles. The van der Waals surface area contributed by atoms with Crippen molar-refractivity contribution in [2.24, 2.45) is 0 Å². The Labute approximate surface area is 298 Å². The molecule has 1 N–H and O–H groups in total. The Bertz CT molecular complexity index is 2190. The molecular weight excluding hydrogens is 675 g/mol. The lowest BCUT2D eigenvalue weighted by Gasteiger charge is -2.32. The molecule has 0 saturated carbocycles. The number of pyridine rings is 1. The zero-order valence-electron chi connectivity index (χ0n) is 27.6. The first-order valence-corrected chi connectivity index (χ1v) is 18.1. The highest BCUT2D eigenvalue weighted by Crippen LogP contribution is 2.31. The molecule has 2 aliphatic rings. The molecule has 1 atom stereocenters. The third kappa shape index (κ3) is 7.09.